The Kier molecular flexibility index (Phi) is 8.74. The second kappa shape index (κ2) is 12.6. The van der Waals surface area contributed by atoms with Crippen LogP contribution in [0.3, 0.4) is 0 Å². The first kappa shape index (κ1) is 27.8. The van der Waals surface area contributed by atoms with Crippen LogP contribution >= 0.6 is 23.2 Å². The number of hydrogen-bond donors (Lipinski definition) is 1. The minimum absolute atomic E-state index is 0.216. The number of anilines is 1. The number of halogens is 2. The predicted octanol–water partition coefficient (Wildman–Crippen LogP) is 6.71. The van der Waals surface area contributed by atoms with Crippen LogP contribution in [0.4, 0.5) is 10.5 Å². The molecule has 1 saturated heterocycles. The lowest BCUT2D eigenvalue weighted by Gasteiger charge is -2.16. The minimum Gasteiger partial charge on any atom is -0.495 e. The molecule has 1 aliphatic rings. The van der Waals surface area contributed by atoms with Crippen LogP contribution in [0.5, 0.6) is 23.0 Å². The highest BCUT2D eigenvalue weighted by Crippen LogP contribution is 2.48. The van der Waals surface area contributed by atoms with E-state index in [1.807, 2.05) is 12.1 Å². The number of nitrogens with zero attached hydrogens (tertiary/aromatic N) is 3. The molecule has 5 rings (SSSR count). The third kappa shape index (κ3) is 6.01. The van der Waals surface area contributed by atoms with Gasteiger partial charge in [-0.05, 0) is 62.3 Å². The van der Waals surface area contributed by atoms with Gasteiger partial charge < -0.3 is 18.9 Å². The number of likely N-dealkylation sites (tertiary alicyclic amines) is 1. The van der Waals surface area contributed by atoms with Gasteiger partial charge in [0.1, 0.15) is 34.9 Å². The maximum absolute atomic E-state index is 12.8. The molecular formula is C29H28Cl2N4O5. The number of fused-ring (bicyclic) bond motifs is 1. The van der Waals surface area contributed by atoms with Crippen LogP contribution in [0.1, 0.15) is 12.8 Å². The van der Waals surface area contributed by atoms with Gasteiger partial charge in [-0.25, -0.2) is 9.78 Å². The molecule has 0 bridgehead atoms. The van der Waals surface area contributed by atoms with Gasteiger partial charge in [0.25, 0.3) is 0 Å². The molecule has 9 nitrogen and oxygen atoms in total. The molecule has 208 valence electrons. The van der Waals surface area contributed by atoms with E-state index in [0.717, 1.165) is 25.4 Å². The Bertz CT molecular complexity index is 1480. The third-order valence-corrected chi connectivity index (χ3v) is 7.36. The number of carbonyl (C=O) groups is 1. The summed E-state index contributed by atoms with van der Waals surface area (Å²) in [6.45, 7) is 3.80. The van der Waals surface area contributed by atoms with Crippen molar-refractivity contribution in [3.8, 4) is 34.1 Å². The Morgan fingerprint density at radius 1 is 0.900 bits per heavy atom. The molecular weight excluding hydrogens is 555 g/mol. The highest BCUT2D eigenvalue weighted by Gasteiger charge is 2.23. The van der Waals surface area contributed by atoms with Gasteiger partial charge in [0.15, 0.2) is 5.75 Å². The van der Waals surface area contributed by atoms with E-state index in [4.69, 9.17) is 42.1 Å². The topological polar surface area (TPSA) is 95.0 Å². The van der Waals surface area contributed by atoms with Crippen molar-refractivity contribution in [1.82, 2.24) is 14.9 Å². The number of aromatic nitrogens is 2. The average Bonchev–Trinajstić information content (AvgIpc) is 3.49. The van der Waals surface area contributed by atoms with Crippen molar-refractivity contribution >= 4 is 46.0 Å². The summed E-state index contributed by atoms with van der Waals surface area (Å²) >= 11 is 13.3. The first-order chi connectivity index (χ1) is 19.5. The predicted molar refractivity (Wildman–Crippen MR) is 155 cm³/mol. The molecule has 1 fully saturated rings. The van der Waals surface area contributed by atoms with Crippen molar-refractivity contribution in [1.29, 1.82) is 0 Å². The van der Waals surface area contributed by atoms with Crippen molar-refractivity contribution in [3.63, 3.8) is 0 Å². The Hall–Kier alpha value is -3.79. The molecule has 0 atom stereocenters. The summed E-state index contributed by atoms with van der Waals surface area (Å²) in [6, 6.07) is 12.1. The summed E-state index contributed by atoms with van der Waals surface area (Å²) in [5.74, 6) is 1.73. The number of amides is 1. The summed E-state index contributed by atoms with van der Waals surface area (Å²) in [5.41, 5.74) is 2.38. The molecule has 1 N–H and O–H groups in total. The van der Waals surface area contributed by atoms with Crippen molar-refractivity contribution in [2.45, 2.75) is 12.8 Å². The summed E-state index contributed by atoms with van der Waals surface area (Å²) in [4.78, 5) is 24.0. The molecule has 0 spiro atoms. The molecule has 3 aromatic carbocycles. The van der Waals surface area contributed by atoms with E-state index < -0.39 is 6.09 Å². The number of methoxy groups -OCH3 is 2. The SMILES string of the molecule is COc1cc(OC)c(Cl)c(-c2ccc(OC(=O)Nc3ccc(OCCN4CCCC4)cc3)c3nccnc23)c1Cl. The number of hydrogen-bond acceptors (Lipinski definition) is 8. The lowest BCUT2D eigenvalue weighted by atomic mass is 10.0. The monoisotopic (exact) mass is 582 g/mol. The van der Waals surface area contributed by atoms with Gasteiger partial charge in [-0.3, -0.25) is 15.2 Å². The van der Waals surface area contributed by atoms with Crippen molar-refractivity contribution in [2.24, 2.45) is 0 Å². The molecule has 0 saturated carbocycles. The third-order valence-electron chi connectivity index (χ3n) is 6.61. The molecule has 1 aromatic heterocycles. The second-order valence-electron chi connectivity index (χ2n) is 9.08. The largest absolute Gasteiger partial charge is 0.495 e. The van der Waals surface area contributed by atoms with Crippen molar-refractivity contribution in [3.05, 3.63) is 64.9 Å². The van der Waals surface area contributed by atoms with E-state index in [1.54, 1.807) is 30.3 Å². The van der Waals surface area contributed by atoms with Crippen LogP contribution in [-0.4, -0.2) is 61.4 Å². The fraction of sp³-hybridized carbons (Fsp3) is 0.276. The van der Waals surface area contributed by atoms with Crippen LogP contribution in [0.15, 0.2) is 54.9 Å². The maximum Gasteiger partial charge on any atom is 0.417 e. The van der Waals surface area contributed by atoms with E-state index in [1.165, 1.54) is 39.5 Å². The number of benzene rings is 3. The Labute approximate surface area is 241 Å². The molecule has 0 radical (unpaired) electrons. The zero-order chi connectivity index (χ0) is 28.1. The molecule has 40 heavy (non-hydrogen) atoms. The highest BCUT2D eigenvalue weighted by molar-refractivity contribution is 6.41. The first-order valence-corrected chi connectivity index (χ1v) is 13.5. The lowest BCUT2D eigenvalue weighted by molar-refractivity contribution is 0.215. The van der Waals surface area contributed by atoms with E-state index in [-0.39, 0.29) is 15.8 Å². The quantitative estimate of drug-likeness (QED) is 0.233. The second-order valence-corrected chi connectivity index (χ2v) is 9.84. The fourth-order valence-corrected chi connectivity index (χ4v) is 5.32. The summed E-state index contributed by atoms with van der Waals surface area (Å²) in [7, 11) is 3.00. The summed E-state index contributed by atoms with van der Waals surface area (Å²) in [5, 5.41) is 3.30. The van der Waals surface area contributed by atoms with Crippen LogP contribution in [0.2, 0.25) is 10.0 Å². The van der Waals surface area contributed by atoms with Gasteiger partial charge in [-0.15, -0.1) is 0 Å². The molecule has 0 aliphatic carbocycles. The van der Waals surface area contributed by atoms with Gasteiger partial charge in [-0.2, -0.15) is 0 Å². The van der Waals surface area contributed by atoms with Crippen molar-refractivity contribution in [2.75, 3.05) is 45.8 Å². The molecule has 11 heteroatoms. The molecule has 1 amide bonds. The van der Waals surface area contributed by atoms with Crippen LogP contribution in [-0.2, 0) is 0 Å². The highest BCUT2D eigenvalue weighted by atomic mass is 35.5. The molecule has 0 unspecified atom stereocenters. The zero-order valence-electron chi connectivity index (χ0n) is 22.1. The van der Waals surface area contributed by atoms with E-state index in [9.17, 15) is 4.79 Å². The van der Waals surface area contributed by atoms with Crippen LogP contribution in [0, 0.1) is 0 Å². The fourth-order valence-electron chi connectivity index (χ4n) is 4.62. The Balaban J connectivity index is 1.32. The normalized spacial score (nSPS) is 13.3. The summed E-state index contributed by atoms with van der Waals surface area (Å²) < 4.78 is 22.3. The minimum atomic E-state index is -0.679. The van der Waals surface area contributed by atoms with Crippen molar-refractivity contribution < 1.29 is 23.7 Å². The first-order valence-electron chi connectivity index (χ1n) is 12.8. The maximum atomic E-state index is 12.8. The van der Waals surface area contributed by atoms with Gasteiger partial charge >= 0.3 is 6.09 Å². The number of ether oxygens (including phenoxy) is 4. The van der Waals surface area contributed by atoms with Gasteiger partial charge in [0, 0.05) is 41.8 Å². The van der Waals surface area contributed by atoms with E-state index in [2.05, 4.69) is 20.2 Å². The van der Waals surface area contributed by atoms with Crippen LogP contribution < -0.4 is 24.3 Å². The summed E-state index contributed by atoms with van der Waals surface area (Å²) in [6.07, 6.45) is 4.87. The van der Waals surface area contributed by atoms with Gasteiger partial charge in [-0.1, -0.05) is 23.2 Å². The zero-order valence-corrected chi connectivity index (χ0v) is 23.6. The van der Waals surface area contributed by atoms with Gasteiger partial charge in [0.2, 0.25) is 0 Å². The Morgan fingerprint density at radius 3 is 2.20 bits per heavy atom. The molecule has 2 heterocycles. The van der Waals surface area contributed by atoms with Crippen LogP contribution in [0.25, 0.3) is 22.2 Å². The standard InChI is InChI=1S/C29H28Cl2N4O5/c1-37-22-17-23(38-2)26(31)24(25(22)30)20-9-10-21(28-27(20)32-11-12-33-28)40-29(36)34-18-5-7-19(8-6-18)39-16-15-35-13-3-4-14-35/h5-12,17H,3-4,13-16H2,1-2H3,(H,34,36). The average molecular weight is 583 g/mol. The number of nitrogens with one attached hydrogen (secondary N) is 1. The van der Waals surface area contributed by atoms with Gasteiger partial charge in [0.05, 0.1) is 24.3 Å². The van der Waals surface area contributed by atoms with E-state index >= 15 is 0 Å². The smallest absolute Gasteiger partial charge is 0.417 e. The molecule has 1 aliphatic heterocycles. The molecule has 4 aromatic rings. The lowest BCUT2D eigenvalue weighted by Crippen LogP contribution is -2.25. The number of rotatable bonds is 9. The Morgan fingerprint density at radius 2 is 1.55 bits per heavy atom. The number of carbonyl (C=O) groups excluding carboxylic acids is 1. The van der Waals surface area contributed by atoms with E-state index in [0.29, 0.717) is 46.0 Å².